The van der Waals surface area contributed by atoms with Crippen LogP contribution < -0.4 is 0 Å². The molecule has 0 aliphatic heterocycles. The molecule has 1 aromatic heterocycles. The maximum Gasteiger partial charge on any atom is 0.341 e. The Morgan fingerprint density at radius 3 is 2.21 bits per heavy atom. The van der Waals surface area contributed by atoms with Gasteiger partial charge in [-0.3, -0.25) is 9.59 Å². The van der Waals surface area contributed by atoms with Crippen LogP contribution in [0.1, 0.15) is 24.2 Å². The van der Waals surface area contributed by atoms with E-state index in [0.29, 0.717) is 5.03 Å². The number of amides is 2. The molecule has 0 fully saturated rings. The summed E-state index contributed by atoms with van der Waals surface area (Å²) in [5, 5.41) is -0.00279. The van der Waals surface area contributed by atoms with Crippen molar-refractivity contribution in [2.75, 3.05) is 28.2 Å². The average Bonchev–Trinajstić information content (AvgIpc) is 2.53. The quantitative estimate of drug-likeness (QED) is 0.566. The van der Waals surface area contributed by atoms with Crippen LogP contribution in [0.4, 0.5) is 0 Å². The van der Waals surface area contributed by atoms with Gasteiger partial charge in [0.15, 0.2) is 6.10 Å². The van der Waals surface area contributed by atoms with E-state index in [2.05, 4.69) is 4.98 Å². The Balaban J connectivity index is 2.91. The largest absolute Gasteiger partial charge is 0.449 e. The number of rotatable bonds is 6. The van der Waals surface area contributed by atoms with Gasteiger partial charge in [0.1, 0.15) is 5.03 Å². The van der Waals surface area contributed by atoms with Crippen LogP contribution in [0.2, 0.25) is 0 Å². The maximum absolute atomic E-state index is 12.3. The molecule has 1 aromatic rings. The third-order valence-electron chi connectivity index (χ3n) is 3.14. The summed E-state index contributed by atoms with van der Waals surface area (Å²) in [6, 6.07) is 3.18. The molecule has 2 amide bonds. The third kappa shape index (κ3) is 5.23. The van der Waals surface area contributed by atoms with Crippen molar-refractivity contribution in [2.45, 2.75) is 30.2 Å². The Bertz CT molecular complexity index is 619. The van der Waals surface area contributed by atoms with Crippen molar-refractivity contribution in [1.29, 1.82) is 0 Å². The second kappa shape index (κ2) is 8.68. The number of hydrogen-bond acceptors (Lipinski definition) is 6. The fourth-order valence-electron chi connectivity index (χ4n) is 1.86. The first-order valence-electron chi connectivity index (χ1n) is 7.40. The molecule has 0 aliphatic carbocycles. The predicted octanol–water partition coefficient (Wildman–Crippen LogP) is 1.28. The van der Waals surface area contributed by atoms with E-state index >= 15 is 0 Å². The highest BCUT2D eigenvalue weighted by atomic mass is 32.2. The Labute approximate surface area is 146 Å². The Kier molecular flexibility index (Phi) is 7.21. The first-order valence-corrected chi connectivity index (χ1v) is 8.28. The molecule has 0 saturated carbocycles. The highest BCUT2D eigenvalue weighted by molar-refractivity contribution is 8.00. The molecule has 8 heteroatoms. The van der Waals surface area contributed by atoms with E-state index in [1.807, 2.05) is 0 Å². The van der Waals surface area contributed by atoms with Gasteiger partial charge in [-0.1, -0.05) is 11.8 Å². The van der Waals surface area contributed by atoms with Crippen LogP contribution in [-0.4, -0.2) is 72.1 Å². The second-order valence-corrected chi connectivity index (χ2v) is 6.96. The lowest BCUT2D eigenvalue weighted by Crippen LogP contribution is -2.35. The van der Waals surface area contributed by atoms with Crippen molar-refractivity contribution in [2.24, 2.45) is 0 Å². The lowest BCUT2D eigenvalue weighted by Gasteiger charge is -2.19. The number of nitrogens with zero attached hydrogens (tertiary/aromatic N) is 3. The molecule has 0 aliphatic rings. The molecule has 2 unspecified atom stereocenters. The van der Waals surface area contributed by atoms with Gasteiger partial charge >= 0.3 is 5.97 Å². The van der Waals surface area contributed by atoms with Gasteiger partial charge in [0.2, 0.25) is 5.91 Å². The average molecular weight is 353 g/mol. The van der Waals surface area contributed by atoms with E-state index in [1.54, 1.807) is 53.4 Å². The van der Waals surface area contributed by atoms with Crippen LogP contribution in [0.3, 0.4) is 0 Å². The van der Waals surface area contributed by atoms with Gasteiger partial charge in [-0.05, 0) is 26.0 Å². The standard InChI is InChI=1S/C16H23N3O4S/c1-10(14(20)18(3)4)23-16(22)12-8-7-9-17-13(12)24-11(2)15(21)19(5)6/h7-11H,1-6H3. The van der Waals surface area contributed by atoms with Crippen LogP contribution in [0, 0.1) is 0 Å². The molecule has 0 saturated heterocycles. The Morgan fingerprint density at radius 2 is 1.67 bits per heavy atom. The molecule has 24 heavy (non-hydrogen) atoms. The predicted molar refractivity (Wildman–Crippen MR) is 91.8 cm³/mol. The molecule has 2 atom stereocenters. The molecule has 7 nitrogen and oxygen atoms in total. The van der Waals surface area contributed by atoms with E-state index in [0.717, 1.165) is 0 Å². The Morgan fingerprint density at radius 1 is 1.08 bits per heavy atom. The number of likely N-dealkylation sites (N-methyl/N-ethyl adjacent to an activating group) is 1. The number of carbonyl (C=O) groups excluding carboxylic acids is 3. The van der Waals surface area contributed by atoms with Crippen molar-refractivity contribution < 1.29 is 19.1 Å². The minimum absolute atomic E-state index is 0.0823. The second-order valence-electron chi connectivity index (χ2n) is 5.63. The highest BCUT2D eigenvalue weighted by Crippen LogP contribution is 2.26. The number of esters is 1. The van der Waals surface area contributed by atoms with Crippen LogP contribution in [0.15, 0.2) is 23.4 Å². The molecule has 0 aromatic carbocycles. The van der Waals surface area contributed by atoms with Crippen molar-refractivity contribution in [3.05, 3.63) is 23.9 Å². The number of ether oxygens (including phenoxy) is 1. The van der Waals surface area contributed by atoms with E-state index in [4.69, 9.17) is 4.74 Å². The van der Waals surface area contributed by atoms with Gasteiger partial charge in [0.25, 0.3) is 5.91 Å². The number of thioether (sulfide) groups is 1. The summed E-state index contributed by atoms with van der Waals surface area (Å²) < 4.78 is 5.21. The fourth-order valence-corrected chi connectivity index (χ4v) is 2.91. The minimum Gasteiger partial charge on any atom is -0.449 e. The van der Waals surface area contributed by atoms with Crippen LogP contribution >= 0.6 is 11.8 Å². The van der Waals surface area contributed by atoms with Crippen molar-refractivity contribution >= 4 is 29.5 Å². The number of carbonyl (C=O) groups is 3. The van der Waals surface area contributed by atoms with Gasteiger partial charge in [0, 0.05) is 34.4 Å². The zero-order valence-corrected chi connectivity index (χ0v) is 15.6. The van der Waals surface area contributed by atoms with E-state index in [9.17, 15) is 14.4 Å². The molecule has 0 bridgehead atoms. The molecular weight excluding hydrogens is 330 g/mol. The van der Waals surface area contributed by atoms with Gasteiger partial charge in [0.05, 0.1) is 10.8 Å². The van der Waals surface area contributed by atoms with Crippen LogP contribution in [0.5, 0.6) is 0 Å². The van der Waals surface area contributed by atoms with E-state index in [1.165, 1.54) is 28.5 Å². The third-order valence-corrected chi connectivity index (χ3v) is 4.24. The molecule has 0 radical (unpaired) electrons. The van der Waals surface area contributed by atoms with Crippen LogP contribution in [0.25, 0.3) is 0 Å². The number of pyridine rings is 1. The van der Waals surface area contributed by atoms with Gasteiger partial charge in [-0.2, -0.15) is 0 Å². The molecule has 1 heterocycles. The van der Waals surface area contributed by atoms with Gasteiger partial charge in [-0.15, -0.1) is 0 Å². The topological polar surface area (TPSA) is 79.8 Å². The van der Waals surface area contributed by atoms with Gasteiger partial charge < -0.3 is 14.5 Å². The zero-order valence-electron chi connectivity index (χ0n) is 14.8. The highest BCUT2D eigenvalue weighted by Gasteiger charge is 2.24. The monoisotopic (exact) mass is 353 g/mol. The molecule has 132 valence electrons. The smallest absolute Gasteiger partial charge is 0.341 e. The first-order chi connectivity index (χ1) is 11.1. The number of hydrogen-bond donors (Lipinski definition) is 0. The lowest BCUT2D eigenvalue weighted by molar-refractivity contribution is -0.137. The lowest BCUT2D eigenvalue weighted by atomic mass is 10.3. The van der Waals surface area contributed by atoms with Gasteiger partial charge in [-0.25, -0.2) is 9.78 Å². The minimum atomic E-state index is -0.897. The van der Waals surface area contributed by atoms with E-state index in [-0.39, 0.29) is 17.4 Å². The zero-order chi connectivity index (χ0) is 18.4. The fraction of sp³-hybridized carbons (Fsp3) is 0.500. The summed E-state index contributed by atoms with van der Waals surface area (Å²) in [6.07, 6.45) is 0.645. The Hall–Kier alpha value is -2.09. The van der Waals surface area contributed by atoms with Crippen LogP contribution in [-0.2, 0) is 14.3 Å². The summed E-state index contributed by atoms with van der Waals surface area (Å²) >= 11 is 1.18. The summed E-state index contributed by atoms with van der Waals surface area (Å²) in [5.41, 5.74) is 0.235. The molecule has 0 N–H and O–H groups in total. The summed E-state index contributed by atoms with van der Waals surface area (Å²) in [6.45, 7) is 3.26. The molecule has 0 spiro atoms. The summed E-state index contributed by atoms with van der Waals surface area (Å²) in [5.74, 6) is -1.03. The van der Waals surface area contributed by atoms with Crippen molar-refractivity contribution in [1.82, 2.24) is 14.8 Å². The number of aromatic nitrogens is 1. The molecular formula is C16H23N3O4S. The van der Waals surface area contributed by atoms with E-state index < -0.39 is 17.3 Å². The van der Waals surface area contributed by atoms with Crippen molar-refractivity contribution in [3.63, 3.8) is 0 Å². The van der Waals surface area contributed by atoms with Crippen molar-refractivity contribution in [3.8, 4) is 0 Å². The molecule has 1 rings (SSSR count). The summed E-state index contributed by atoms with van der Waals surface area (Å²) in [7, 11) is 6.52. The SMILES string of the molecule is CC(OC(=O)c1cccnc1SC(C)C(=O)N(C)C)C(=O)N(C)C. The summed E-state index contributed by atoms with van der Waals surface area (Å²) in [4.78, 5) is 43.1. The first kappa shape index (κ1) is 20.0. The normalized spacial score (nSPS) is 12.9. The maximum atomic E-state index is 12.3.